The smallest absolute Gasteiger partial charge is 0.316 e. The minimum atomic E-state index is -0.779. The van der Waals surface area contributed by atoms with Crippen LogP contribution in [0.2, 0.25) is 0 Å². The number of rotatable bonds is 5. The summed E-state index contributed by atoms with van der Waals surface area (Å²) >= 11 is 11.4. The molecule has 0 aromatic heterocycles. The van der Waals surface area contributed by atoms with Gasteiger partial charge in [-0.3, -0.25) is 9.59 Å². The predicted octanol–water partition coefficient (Wildman–Crippen LogP) is 0.577. The first-order chi connectivity index (χ1) is 6.51. The molecule has 0 aromatic carbocycles. The minimum Gasteiger partial charge on any atom is -0.457 e. The van der Waals surface area contributed by atoms with Gasteiger partial charge in [-0.15, -0.1) is 12.6 Å². The molecule has 0 amide bonds. The highest BCUT2D eigenvalue weighted by Gasteiger charge is 2.20. The van der Waals surface area contributed by atoms with Gasteiger partial charge in [0.1, 0.15) is 6.10 Å². The summed E-state index contributed by atoms with van der Waals surface area (Å²) in [5, 5.41) is 0. The van der Waals surface area contributed by atoms with Crippen molar-refractivity contribution >= 4 is 49.8 Å². The highest BCUT2D eigenvalue weighted by Crippen LogP contribution is 2.09. The van der Waals surface area contributed by atoms with E-state index in [1.165, 1.54) is 0 Å². The molecule has 0 bridgehead atoms. The standard InChI is InChI=1S/C7H12O4S3/c1-4(10-5(8)2-12)7(14)11-6(9)3-13/h4,7,12-14H,2-3H2,1H3. The molecule has 0 aromatic rings. The van der Waals surface area contributed by atoms with E-state index in [1.54, 1.807) is 6.92 Å². The summed E-state index contributed by atoms with van der Waals surface area (Å²) in [7, 11) is 0. The number of carbonyl (C=O) groups excluding carboxylic acids is 2. The van der Waals surface area contributed by atoms with Crippen LogP contribution in [0.5, 0.6) is 0 Å². The van der Waals surface area contributed by atoms with E-state index in [9.17, 15) is 9.59 Å². The Balaban J connectivity index is 3.92. The van der Waals surface area contributed by atoms with Gasteiger partial charge in [0, 0.05) is 0 Å². The lowest BCUT2D eigenvalue weighted by atomic mass is 10.4. The van der Waals surface area contributed by atoms with E-state index in [0.717, 1.165) is 0 Å². The average Bonchev–Trinajstić information content (AvgIpc) is 2.17. The maximum absolute atomic E-state index is 10.8. The number of carbonyl (C=O) groups is 2. The Labute approximate surface area is 98.9 Å². The number of ether oxygens (including phenoxy) is 2. The molecule has 0 aliphatic heterocycles. The number of hydrogen-bond donors (Lipinski definition) is 3. The van der Waals surface area contributed by atoms with Gasteiger partial charge in [0.2, 0.25) is 0 Å². The second-order valence-corrected chi connectivity index (χ2v) is 3.53. The highest BCUT2D eigenvalue weighted by molar-refractivity contribution is 7.81. The molecule has 0 spiro atoms. The Morgan fingerprint density at radius 2 is 1.57 bits per heavy atom. The van der Waals surface area contributed by atoms with Gasteiger partial charge in [-0.1, -0.05) is 0 Å². The molecule has 0 rings (SSSR count). The van der Waals surface area contributed by atoms with Gasteiger partial charge in [-0.2, -0.15) is 25.3 Å². The Hall–Kier alpha value is -0.0100. The Bertz CT molecular complexity index is 187. The van der Waals surface area contributed by atoms with Crippen LogP contribution in [0.1, 0.15) is 6.92 Å². The largest absolute Gasteiger partial charge is 0.457 e. The fourth-order valence-corrected chi connectivity index (χ4v) is 0.898. The van der Waals surface area contributed by atoms with Crippen LogP contribution in [0.25, 0.3) is 0 Å². The van der Waals surface area contributed by atoms with Crippen molar-refractivity contribution in [3.8, 4) is 0 Å². The van der Waals surface area contributed by atoms with Crippen LogP contribution in [0, 0.1) is 0 Å². The van der Waals surface area contributed by atoms with E-state index in [-0.39, 0.29) is 11.5 Å². The lowest BCUT2D eigenvalue weighted by Crippen LogP contribution is -2.29. The van der Waals surface area contributed by atoms with Crippen LogP contribution >= 0.6 is 37.9 Å². The molecular weight excluding hydrogens is 244 g/mol. The second-order valence-electron chi connectivity index (χ2n) is 2.39. The van der Waals surface area contributed by atoms with Crippen LogP contribution in [0.15, 0.2) is 0 Å². The maximum atomic E-state index is 10.8. The van der Waals surface area contributed by atoms with Gasteiger partial charge in [0.05, 0.1) is 11.5 Å². The van der Waals surface area contributed by atoms with E-state index in [0.29, 0.717) is 0 Å². The van der Waals surface area contributed by atoms with Crippen molar-refractivity contribution < 1.29 is 19.1 Å². The molecule has 7 heteroatoms. The summed E-state index contributed by atoms with van der Waals surface area (Å²) < 4.78 is 9.57. The van der Waals surface area contributed by atoms with Gasteiger partial charge in [-0.05, 0) is 6.92 Å². The van der Waals surface area contributed by atoms with Crippen LogP contribution in [0.4, 0.5) is 0 Å². The van der Waals surface area contributed by atoms with Crippen LogP contribution in [-0.2, 0) is 19.1 Å². The first kappa shape index (κ1) is 14.0. The molecule has 0 N–H and O–H groups in total. The highest BCUT2D eigenvalue weighted by atomic mass is 32.1. The molecule has 0 fully saturated rings. The molecule has 0 aliphatic carbocycles. The zero-order valence-electron chi connectivity index (χ0n) is 7.54. The van der Waals surface area contributed by atoms with Crippen molar-refractivity contribution in [1.82, 2.24) is 0 Å². The molecular formula is C7H12O4S3. The first-order valence-electron chi connectivity index (χ1n) is 3.80. The van der Waals surface area contributed by atoms with E-state index in [1.807, 2.05) is 0 Å². The fraction of sp³-hybridized carbons (Fsp3) is 0.714. The van der Waals surface area contributed by atoms with Crippen molar-refractivity contribution in [2.24, 2.45) is 0 Å². The third kappa shape index (κ3) is 5.66. The zero-order valence-corrected chi connectivity index (χ0v) is 10.2. The van der Waals surface area contributed by atoms with Crippen LogP contribution in [0.3, 0.4) is 0 Å². The number of hydrogen-bond acceptors (Lipinski definition) is 7. The minimum absolute atomic E-state index is 0.0225. The summed E-state index contributed by atoms with van der Waals surface area (Å²) in [5.41, 5.74) is -0.779. The van der Waals surface area contributed by atoms with E-state index in [4.69, 9.17) is 9.47 Å². The summed E-state index contributed by atoms with van der Waals surface area (Å²) in [4.78, 5) is 21.6. The van der Waals surface area contributed by atoms with Crippen molar-refractivity contribution in [2.45, 2.75) is 18.5 Å². The van der Waals surface area contributed by atoms with Crippen molar-refractivity contribution in [2.75, 3.05) is 11.5 Å². The molecule has 0 radical (unpaired) electrons. The Kier molecular flexibility index (Phi) is 7.30. The number of esters is 2. The molecule has 0 saturated heterocycles. The van der Waals surface area contributed by atoms with Crippen LogP contribution in [-0.4, -0.2) is 35.0 Å². The van der Waals surface area contributed by atoms with E-state index >= 15 is 0 Å². The predicted molar refractivity (Wildman–Crippen MR) is 62.1 cm³/mol. The summed E-state index contributed by atoms with van der Waals surface area (Å²) in [6.07, 6.45) is -0.609. The lowest BCUT2D eigenvalue weighted by Gasteiger charge is -2.19. The molecule has 0 aliphatic rings. The molecule has 0 heterocycles. The summed E-state index contributed by atoms with van der Waals surface area (Å²) in [6, 6.07) is 0. The quantitative estimate of drug-likeness (QED) is 0.382. The van der Waals surface area contributed by atoms with Crippen molar-refractivity contribution in [3.63, 3.8) is 0 Å². The second kappa shape index (κ2) is 7.30. The monoisotopic (exact) mass is 256 g/mol. The summed E-state index contributed by atoms with van der Waals surface area (Å²) in [5.74, 6) is -1.06. The normalized spacial score (nSPS) is 14.3. The maximum Gasteiger partial charge on any atom is 0.316 e. The Morgan fingerprint density at radius 1 is 1.14 bits per heavy atom. The van der Waals surface area contributed by atoms with E-state index in [2.05, 4.69) is 37.9 Å². The van der Waals surface area contributed by atoms with Gasteiger partial charge >= 0.3 is 11.9 Å². The first-order valence-corrected chi connectivity index (χ1v) is 5.58. The average molecular weight is 256 g/mol. The molecule has 2 atom stereocenters. The summed E-state index contributed by atoms with van der Waals surface area (Å²) in [6.45, 7) is 1.57. The van der Waals surface area contributed by atoms with Gasteiger partial charge in [-0.25, -0.2) is 0 Å². The van der Waals surface area contributed by atoms with Crippen molar-refractivity contribution in [3.05, 3.63) is 0 Å². The van der Waals surface area contributed by atoms with Gasteiger partial charge in [0.25, 0.3) is 0 Å². The fourth-order valence-electron chi connectivity index (χ4n) is 0.571. The van der Waals surface area contributed by atoms with Crippen molar-refractivity contribution in [1.29, 1.82) is 0 Å². The third-order valence-corrected chi connectivity index (χ3v) is 2.27. The third-order valence-electron chi connectivity index (χ3n) is 1.23. The topological polar surface area (TPSA) is 52.6 Å². The van der Waals surface area contributed by atoms with Gasteiger partial charge < -0.3 is 9.47 Å². The Morgan fingerprint density at radius 3 is 2.00 bits per heavy atom. The van der Waals surface area contributed by atoms with Gasteiger partial charge in [0.15, 0.2) is 5.44 Å². The number of thiol groups is 3. The van der Waals surface area contributed by atoms with E-state index < -0.39 is 23.5 Å². The SMILES string of the molecule is CC(OC(=O)CS)C(S)OC(=O)CS. The molecule has 2 unspecified atom stereocenters. The molecule has 0 saturated carbocycles. The molecule has 4 nitrogen and oxygen atoms in total. The lowest BCUT2D eigenvalue weighted by molar-refractivity contribution is -0.156. The zero-order chi connectivity index (χ0) is 11.1. The van der Waals surface area contributed by atoms with Crippen LogP contribution < -0.4 is 0 Å². The molecule has 14 heavy (non-hydrogen) atoms. The molecule has 82 valence electrons.